The van der Waals surface area contributed by atoms with Crippen molar-refractivity contribution in [3.8, 4) is 0 Å². The summed E-state index contributed by atoms with van der Waals surface area (Å²) in [6, 6.07) is 0. The van der Waals surface area contributed by atoms with Crippen molar-refractivity contribution in [1.82, 2.24) is 0 Å². The van der Waals surface area contributed by atoms with E-state index in [0.29, 0.717) is 40.3 Å². The Bertz CT molecular complexity index is 790. The topological polar surface area (TPSA) is 57.5 Å². The summed E-state index contributed by atoms with van der Waals surface area (Å²) in [4.78, 5) is 11.1. The third kappa shape index (κ3) is 4.48. The molecule has 33 heavy (non-hydrogen) atoms. The number of aliphatic carboxylic acids is 1. The van der Waals surface area contributed by atoms with E-state index in [-0.39, 0.29) is 0 Å². The molecular weight excluding hydrogens is 408 g/mol. The molecule has 3 aliphatic rings. The second-order valence-corrected chi connectivity index (χ2v) is 12.8. The average Bonchev–Trinajstić information content (AvgIpc) is 3.03. The van der Waals surface area contributed by atoms with Crippen LogP contribution in [0.1, 0.15) is 113 Å². The molecule has 0 aliphatic heterocycles. The molecule has 0 aromatic carbocycles. The zero-order valence-electron chi connectivity index (χ0n) is 22.5. The van der Waals surface area contributed by atoms with Crippen molar-refractivity contribution in [3.05, 3.63) is 22.8 Å². The van der Waals surface area contributed by atoms with Crippen molar-refractivity contribution in [1.29, 1.82) is 0 Å². The quantitative estimate of drug-likeness (QED) is 0.288. The van der Waals surface area contributed by atoms with Gasteiger partial charge in [0.25, 0.3) is 0 Å². The molecule has 0 heterocycles. The zero-order valence-corrected chi connectivity index (χ0v) is 22.5. The minimum Gasteiger partial charge on any atom is -0.478 e. The van der Waals surface area contributed by atoms with E-state index in [1.807, 2.05) is 6.08 Å². The van der Waals surface area contributed by atoms with Crippen LogP contribution in [0.15, 0.2) is 22.8 Å². The molecular formula is C30H50O3. The highest BCUT2D eigenvalue weighted by Gasteiger charge is 2.66. The molecule has 3 rings (SSSR count). The summed E-state index contributed by atoms with van der Waals surface area (Å²) in [5, 5.41) is 18.8. The number of carbonyl (C=O) groups is 1. The Morgan fingerprint density at radius 1 is 1.09 bits per heavy atom. The molecule has 0 amide bonds. The van der Waals surface area contributed by atoms with Gasteiger partial charge in [0.15, 0.2) is 0 Å². The molecule has 3 heteroatoms. The molecule has 0 aromatic heterocycles. The van der Waals surface area contributed by atoms with E-state index in [1.165, 1.54) is 44.1 Å². The van der Waals surface area contributed by atoms with Crippen molar-refractivity contribution < 1.29 is 15.0 Å². The number of fused-ring (bicyclic) bond motifs is 3. The van der Waals surface area contributed by atoms with Gasteiger partial charge in [-0.15, -0.1) is 0 Å². The molecule has 0 aromatic rings. The average molecular weight is 459 g/mol. The summed E-state index contributed by atoms with van der Waals surface area (Å²) >= 11 is 0. The van der Waals surface area contributed by atoms with Crippen LogP contribution in [0, 0.1) is 39.9 Å². The van der Waals surface area contributed by atoms with Gasteiger partial charge in [0, 0.05) is 12.2 Å². The molecule has 0 spiro atoms. The second kappa shape index (κ2) is 9.88. The number of hydrogen-bond donors (Lipinski definition) is 2. The monoisotopic (exact) mass is 458 g/mol. The summed E-state index contributed by atoms with van der Waals surface area (Å²) in [5.41, 5.74) is 4.76. The van der Waals surface area contributed by atoms with Crippen LogP contribution < -0.4 is 0 Å². The lowest BCUT2D eigenvalue weighted by atomic mass is 9.40. The van der Waals surface area contributed by atoms with E-state index in [9.17, 15) is 9.90 Å². The summed E-state index contributed by atoms with van der Waals surface area (Å²) < 4.78 is 0. The van der Waals surface area contributed by atoms with Crippen LogP contribution in [0.5, 0.6) is 0 Å². The van der Waals surface area contributed by atoms with Crippen LogP contribution in [0.2, 0.25) is 0 Å². The summed E-state index contributed by atoms with van der Waals surface area (Å²) in [6.45, 7) is 16.9. The van der Waals surface area contributed by atoms with Crippen LogP contribution in [-0.2, 0) is 4.79 Å². The van der Waals surface area contributed by atoms with Gasteiger partial charge in [-0.2, -0.15) is 0 Å². The van der Waals surface area contributed by atoms with E-state index in [1.54, 1.807) is 12.5 Å². The van der Waals surface area contributed by atoms with Gasteiger partial charge in [-0.05, 0) is 125 Å². The fourth-order valence-electron chi connectivity index (χ4n) is 9.06. The SMILES string of the molecule is CC(C)=C1CC[C@@H]2[C@@](C)(CC[C@]3(C)[C@@H]([C@H](C)CC/C=C(\C)C(=O)O)CC[C@@]23C)[C@@H]1CCCO. The standard InChI is InChI=1S/C30H50O3/c1-20(2)23-13-14-26-28(5,25(23)12-9-19-31)17-18-29(6)24(15-16-30(26,29)7)21(3)10-8-11-22(4)27(32)33/h11,21,24-26,31H,8-10,12-19H2,1-7H3,(H,32,33)/b22-11+/t21-,24-,25-,26-,28+,29-,30+/m1/s1. The first-order chi connectivity index (χ1) is 15.4. The van der Waals surface area contributed by atoms with Crippen LogP contribution in [0.25, 0.3) is 0 Å². The van der Waals surface area contributed by atoms with Gasteiger partial charge >= 0.3 is 5.97 Å². The largest absolute Gasteiger partial charge is 0.478 e. The van der Waals surface area contributed by atoms with Gasteiger partial charge in [-0.3, -0.25) is 0 Å². The first-order valence-electron chi connectivity index (χ1n) is 13.6. The van der Waals surface area contributed by atoms with Gasteiger partial charge in [0.05, 0.1) is 0 Å². The molecule has 3 fully saturated rings. The summed E-state index contributed by atoms with van der Waals surface area (Å²) in [7, 11) is 0. The van der Waals surface area contributed by atoms with Crippen molar-refractivity contribution in [2.45, 2.75) is 113 Å². The molecule has 0 unspecified atom stereocenters. The third-order valence-electron chi connectivity index (χ3n) is 11.2. The van der Waals surface area contributed by atoms with Crippen molar-refractivity contribution in [2.24, 2.45) is 39.9 Å². The maximum atomic E-state index is 11.1. The van der Waals surface area contributed by atoms with E-state index in [0.717, 1.165) is 37.5 Å². The minimum atomic E-state index is -0.793. The van der Waals surface area contributed by atoms with Crippen LogP contribution >= 0.6 is 0 Å². The number of aliphatic hydroxyl groups is 1. The fourth-order valence-corrected chi connectivity index (χ4v) is 9.06. The molecule has 3 saturated carbocycles. The number of carboxylic acid groups (broad SMARTS) is 1. The molecule has 7 atom stereocenters. The summed E-state index contributed by atoms with van der Waals surface area (Å²) in [6.07, 6.45) is 13.7. The Balaban J connectivity index is 1.84. The maximum Gasteiger partial charge on any atom is 0.330 e. The number of rotatable bonds is 8. The molecule has 0 saturated heterocycles. The van der Waals surface area contributed by atoms with Crippen molar-refractivity contribution >= 4 is 5.97 Å². The van der Waals surface area contributed by atoms with Gasteiger partial charge in [0.2, 0.25) is 0 Å². The Kier molecular flexibility index (Phi) is 7.94. The Hall–Kier alpha value is -1.09. The fraction of sp³-hybridized carbons (Fsp3) is 0.833. The Morgan fingerprint density at radius 2 is 1.79 bits per heavy atom. The van der Waals surface area contributed by atoms with Gasteiger partial charge in [-0.1, -0.05) is 44.9 Å². The molecule has 2 N–H and O–H groups in total. The van der Waals surface area contributed by atoms with Crippen LogP contribution in [0.3, 0.4) is 0 Å². The van der Waals surface area contributed by atoms with E-state index in [4.69, 9.17) is 5.11 Å². The van der Waals surface area contributed by atoms with Crippen molar-refractivity contribution in [3.63, 3.8) is 0 Å². The van der Waals surface area contributed by atoms with E-state index in [2.05, 4.69) is 41.5 Å². The zero-order chi connectivity index (χ0) is 24.6. The third-order valence-corrected chi connectivity index (χ3v) is 11.2. The Morgan fingerprint density at radius 3 is 2.39 bits per heavy atom. The van der Waals surface area contributed by atoms with Crippen LogP contribution in [-0.4, -0.2) is 22.8 Å². The first kappa shape index (κ1) is 26.5. The highest BCUT2D eigenvalue weighted by Crippen LogP contribution is 2.74. The van der Waals surface area contributed by atoms with Crippen LogP contribution in [0.4, 0.5) is 0 Å². The summed E-state index contributed by atoms with van der Waals surface area (Å²) in [5.74, 6) is 1.93. The number of hydrogen-bond acceptors (Lipinski definition) is 2. The smallest absolute Gasteiger partial charge is 0.330 e. The highest BCUT2D eigenvalue weighted by molar-refractivity contribution is 5.85. The normalized spacial score (nSPS) is 39.7. The molecule has 188 valence electrons. The second-order valence-electron chi connectivity index (χ2n) is 12.8. The lowest BCUT2D eigenvalue weighted by molar-refractivity contribution is -0.144. The minimum absolute atomic E-state index is 0.303. The maximum absolute atomic E-state index is 11.1. The predicted octanol–water partition coefficient (Wildman–Crippen LogP) is 7.79. The lowest BCUT2D eigenvalue weighted by Crippen LogP contribution is -2.57. The number of allylic oxidation sites excluding steroid dienone is 3. The van der Waals surface area contributed by atoms with Gasteiger partial charge in [0.1, 0.15) is 0 Å². The van der Waals surface area contributed by atoms with Gasteiger partial charge in [-0.25, -0.2) is 4.79 Å². The highest BCUT2D eigenvalue weighted by atomic mass is 16.4. The molecule has 3 nitrogen and oxygen atoms in total. The molecule has 0 radical (unpaired) electrons. The van der Waals surface area contributed by atoms with E-state index < -0.39 is 5.97 Å². The predicted molar refractivity (Wildman–Crippen MR) is 137 cm³/mol. The van der Waals surface area contributed by atoms with E-state index >= 15 is 0 Å². The van der Waals surface area contributed by atoms with Gasteiger partial charge < -0.3 is 10.2 Å². The lowest BCUT2D eigenvalue weighted by Gasteiger charge is -2.65. The molecule has 3 aliphatic carbocycles. The first-order valence-corrected chi connectivity index (χ1v) is 13.6. The Labute approximate surface area is 203 Å². The number of carboxylic acids is 1. The van der Waals surface area contributed by atoms with Crippen molar-refractivity contribution in [2.75, 3.05) is 6.61 Å². The molecule has 0 bridgehead atoms. The number of aliphatic hydroxyl groups excluding tert-OH is 1.